The van der Waals surface area contributed by atoms with Crippen molar-refractivity contribution in [3.05, 3.63) is 56.2 Å². The largest absolute Gasteiger partial charge is 0.417 e. The summed E-state index contributed by atoms with van der Waals surface area (Å²) in [5.74, 6) is -0.529. The van der Waals surface area contributed by atoms with Gasteiger partial charge in [0.05, 0.1) is 5.56 Å². The fourth-order valence-electron chi connectivity index (χ4n) is 1.67. The van der Waals surface area contributed by atoms with E-state index >= 15 is 0 Å². The Balaban J connectivity index is 2.36. The molecule has 19 heavy (non-hydrogen) atoms. The number of halogens is 4. The fourth-order valence-corrected chi connectivity index (χ4v) is 2.70. The van der Waals surface area contributed by atoms with Crippen LogP contribution >= 0.6 is 27.3 Å². The Labute approximate surface area is 120 Å². The van der Waals surface area contributed by atoms with Gasteiger partial charge in [-0.05, 0) is 40.6 Å². The summed E-state index contributed by atoms with van der Waals surface area (Å²) in [6, 6.07) is 5.31. The van der Waals surface area contributed by atoms with E-state index in [4.69, 9.17) is 0 Å². The van der Waals surface area contributed by atoms with Gasteiger partial charge < -0.3 is 0 Å². The monoisotopic (exact) mass is 348 g/mol. The van der Waals surface area contributed by atoms with E-state index in [1.54, 1.807) is 16.8 Å². The van der Waals surface area contributed by atoms with E-state index in [1.807, 2.05) is 0 Å². The standard InChI is InChI=1S/C13H8BrF3OS/c14-9-1-2-10(11(6-9)13(15,16)17)12(18)5-8-3-4-19-7-8/h1-4,6-7H,5H2. The van der Waals surface area contributed by atoms with Crippen molar-refractivity contribution in [2.45, 2.75) is 12.6 Å². The highest BCUT2D eigenvalue weighted by atomic mass is 79.9. The van der Waals surface area contributed by atoms with Crippen molar-refractivity contribution in [2.75, 3.05) is 0 Å². The number of thiophene rings is 1. The van der Waals surface area contributed by atoms with Gasteiger partial charge in [-0.1, -0.05) is 15.9 Å². The molecule has 6 heteroatoms. The van der Waals surface area contributed by atoms with Crippen molar-refractivity contribution < 1.29 is 18.0 Å². The summed E-state index contributed by atoms with van der Waals surface area (Å²) in [6.07, 6.45) is -4.56. The van der Waals surface area contributed by atoms with Gasteiger partial charge >= 0.3 is 6.18 Å². The van der Waals surface area contributed by atoms with Crippen LogP contribution in [-0.2, 0) is 12.6 Å². The first kappa shape index (κ1) is 14.3. The van der Waals surface area contributed by atoms with E-state index in [2.05, 4.69) is 15.9 Å². The van der Waals surface area contributed by atoms with Crippen molar-refractivity contribution in [3.63, 3.8) is 0 Å². The van der Waals surface area contributed by atoms with Crippen molar-refractivity contribution >= 4 is 33.0 Å². The van der Waals surface area contributed by atoms with Crippen LogP contribution in [0, 0.1) is 0 Å². The first-order valence-electron chi connectivity index (χ1n) is 5.29. The van der Waals surface area contributed by atoms with Gasteiger partial charge in [-0.25, -0.2) is 0 Å². The molecule has 0 radical (unpaired) electrons. The van der Waals surface area contributed by atoms with E-state index in [1.165, 1.54) is 23.5 Å². The van der Waals surface area contributed by atoms with Crippen LogP contribution in [0.15, 0.2) is 39.5 Å². The topological polar surface area (TPSA) is 17.1 Å². The maximum absolute atomic E-state index is 12.9. The Hall–Kier alpha value is -1.14. The number of ketones is 1. The molecule has 100 valence electrons. The lowest BCUT2D eigenvalue weighted by Gasteiger charge is -2.12. The summed E-state index contributed by atoms with van der Waals surface area (Å²) in [5.41, 5.74) is -0.463. The number of carbonyl (C=O) groups excluding carboxylic acids is 1. The molecule has 0 aliphatic carbocycles. The summed E-state index contributed by atoms with van der Waals surface area (Å²) in [5, 5.41) is 3.54. The van der Waals surface area contributed by atoms with Crippen LogP contribution in [0.5, 0.6) is 0 Å². The lowest BCUT2D eigenvalue weighted by Crippen LogP contribution is -2.14. The quantitative estimate of drug-likeness (QED) is 0.717. The first-order valence-corrected chi connectivity index (χ1v) is 7.02. The Bertz CT molecular complexity index is 590. The molecule has 0 aliphatic rings. The van der Waals surface area contributed by atoms with Crippen molar-refractivity contribution in [1.29, 1.82) is 0 Å². The van der Waals surface area contributed by atoms with Crippen LogP contribution in [0.3, 0.4) is 0 Å². The van der Waals surface area contributed by atoms with Gasteiger partial charge in [0.1, 0.15) is 0 Å². The minimum atomic E-state index is -4.54. The molecule has 1 aromatic heterocycles. The van der Waals surface area contributed by atoms with Crippen LogP contribution in [0.25, 0.3) is 0 Å². The first-order chi connectivity index (χ1) is 8.88. The highest BCUT2D eigenvalue weighted by Gasteiger charge is 2.35. The Morgan fingerprint density at radius 1 is 1.26 bits per heavy atom. The summed E-state index contributed by atoms with van der Waals surface area (Å²) in [6.45, 7) is 0. The molecule has 0 spiro atoms. The smallest absolute Gasteiger partial charge is 0.294 e. The summed E-state index contributed by atoms with van der Waals surface area (Å²) < 4.78 is 39.0. The molecular formula is C13H8BrF3OS. The highest BCUT2D eigenvalue weighted by molar-refractivity contribution is 9.10. The maximum Gasteiger partial charge on any atom is 0.417 e. The number of rotatable bonds is 3. The predicted octanol–water partition coefficient (Wildman–Crippen LogP) is 4.95. The average molecular weight is 349 g/mol. The number of alkyl halides is 3. The van der Waals surface area contributed by atoms with Crippen LogP contribution in [0.4, 0.5) is 13.2 Å². The number of benzene rings is 1. The van der Waals surface area contributed by atoms with Crippen LogP contribution < -0.4 is 0 Å². The SMILES string of the molecule is O=C(Cc1ccsc1)c1ccc(Br)cc1C(F)(F)F. The van der Waals surface area contributed by atoms with E-state index in [0.717, 1.165) is 11.6 Å². The minimum absolute atomic E-state index is 0.0196. The number of hydrogen-bond acceptors (Lipinski definition) is 2. The summed E-state index contributed by atoms with van der Waals surface area (Å²) >= 11 is 4.40. The molecule has 2 rings (SSSR count). The Morgan fingerprint density at radius 3 is 2.58 bits per heavy atom. The lowest BCUT2D eigenvalue weighted by atomic mass is 9.99. The third-order valence-electron chi connectivity index (χ3n) is 2.53. The lowest BCUT2D eigenvalue weighted by molar-refractivity contribution is -0.138. The zero-order valence-corrected chi connectivity index (χ0v) is 11.9. The molecular weight excluding hydrogens is 341 g/mol. The van der Waals surface area contributed by atoms with Gasteiger partial charge in [-0.15, -0.1) is 0 Å². The fraction of sp³-hybridized carbons (Fsp3) is 0.154. The molecule has 0 aliphatic heterocycles. The van der Waals surface area contributed by atoms with E-state index in [0.29, 0.717) is 4.47 Å². The van der Waals surface area contributed by atoms with Crippen molar-refractivity contribution in [2.24, 2.45) is 0 Å². The Morgan fingerprint density at radius 2 is 2.00 bits per heavy atom. The molecule has 0 atom stereocenters. The van der Waals surface area contributed by atoms with Gasteiger partial charge in [-0.2, -0.15) is 24.5 Å². The average Bonchev–Trinajstić information content (AvgIpc) is 2.80. The second kappa shape index (κ2) is 5.46. The van der Waals surface area contributed by atoms with Gasteiger partial charge in [-0.3, -0.25) is 4.79 Å². The molecule has 0 bridgehead atoms. The Kier molecular flexibility index (Phi) is 4.10. The van der Waals surface area contributed by atoms with Crippen LogP contribution in [0.1, 0.15) is 21.5 Å². The molecule has 0 saturated carbocycles. The van der Waals surface area contributed by atoms with E-state index < -0.39 is 17.5 Å². The van der Waals surface area contributed by atoms with Crippen LogP contribution in [0.2, 0.25) is 0 Å². The normalized spacial score (nSPS) is 11.6. The predicted molar refractivity (Wildman–Crippen MR) is 71.5 cm³/mol. The third kappa shape index (κ3) is 3.45. The van der Waals surface area contributed by atoms with Gasteiger partial charge in [0, 0.05) is 16.5 Å². The summed E-state index contributed by atoms with van der Waals surface area (Å²) in [4.78, 5) is 12.0. The number of carbonyl (C=O) groups is 1. The van der Waals surface area contributed by atoms with Crippen molar-refractivity contribution in [1.82, 2.24) is 0 Å². The zero-order valence-electron chi connectivity index (χ0n) is 9.50. The second-order valence-electron chi connectivity index (χ2n) is 3.92. The third-order valence-corrected chi connectivity index (χ3v) is 3.76. The van der Waals surface area contributed by atoms with Gasteiger partial charge in [0.15, 0.2) is 5.78 Å². The molecule has 1 heterocycles. The molecule has 1 nitrogen and oxygen atoms in total. The molecule has 0 unspecified atom stereocenters. The molecule has 0 fully saturated rings. The highest BCUT2D eigenvalue weighted by Crippen LogP contribution is 2.34. The van der Waals surface area contributed by atoms with Crippen molar-refractivity contribution in [3.8, 4) is 0 Å². The molecule has 0 N–H and O–H groups in total. The minimum Gasteiger partial charge on any atom is -0.294 e. The molecule has 2 aromatic rings. The molecule has 1 aromatic carbocycles. The van der Waals surface area contributed by atoms with Gasteiger partial charge in [0.2, 0.25) is 0 Å². The van der Waals surface area contributed by atoms with E-state index in [-0.39, 0.29) is 12.0 Å². The summed E-state index contributed by atoms with van der Waals surface area (Å²) in [7, 11) is 0. The molecule has 0 amide bonds. The second-order valence-corrected chi connectivity index (χ2v) is 5.61. The van der Waals surface area contributed by atoms with Gasteiger partial charge in [0.25, 0.3) is 0 Å². The number of hydrogen-bond donors (Lipinski definition) is 0. The maximum atomic E-state index is 12.9. The zero-order chi connectivity index (χ0) is 14.0. The molecule has 0 saturated heterocycles. The van der Waals surface area contributed by atoms with E-state index in [9.17, 15) is 18.0 Å². The van der Waals surface area contributed by atoms with Crippen LogP contribution in [-0.4, -0.2) is 5.78 Å². The number of Topliss-reactive ketones (excluding diaryl/α,β-unsaturated/α-hetero) is 1.